The average molecular weight is 813 g/mol. The third-order valence-corrected chi connectivity index (χ3v) is 12.6. The molecule has 3 unspecified atom stereocenters. The van der Waals surface area contributed by atoms with Gasteiger partial charge in [-0.3, -0.25) is 19.1 Å². The first-order chi connectivity index (χ1) is 27.3. The normalized spacial score (nSPS) is 35.4. The Hall–Kier alpha value is -3.96. The second-order valence-corrected chi connectivity index (χ2v) is 17.1. The van der Waals surface area contributed by atoms with Crippen LogP contribution in [0.2, 0.25) is 0 Å². The molecule has 0 spiro atoms. The predicted molar refractivity (Wildman–Crippen MR) is 214 cm³/mol. The Morgan fingerprint density at radius 3 is 2.43 bits per heavy atom. The number of Topliss-reactive ketones (excluding diaryl/α,β-unsaturated/α-hetero) is 2. The number of methoxy groups -OCH3 is 1. The van der Waals surface area contributed by atoms with Crippen LogP contribution in [0.4, 0.5) is 10.5 Å². The maximum absolute atomic E-state index is 14.4. The number of aromatic nitrogens is 3. The van der Waals surface area contributed by atoms with Crippen LogP contribution in [0.3, 0.4) is 0 Å². The highest BCUT2D eigenvalue weighted by atomic mass is 16.7. The molecule has 0 aliphatic carbocycles. The van der Waals surface area contributed by atoms with Gasteiger partial charge in [-0.1, -0.05) is 38.1 Å². The molecule has 3 N–H and O–H groups in total. The SMILES string of the molecule is CC[C@H]1OC(=O)[C@H](C)C(=O)[C@H](C)[C@@H](O[C@@H]2OC(C)CC(N(C)C)C2O)[C@](C)(OC)C[C@@H](C)C(=O)C[C@H]2N(CCCCn3cc(-c4cccc(N)c4)nn3)C(=O)O[C@]12C. The molecule has 2 aromatic rings. The summed E-state index contributed by atoms with van der Waals surface area (Å²) in [5.74, 6) is -4.22. The lowest BCUT2D eigenvalue weighted by Crippen LogP contribution is -2.59. The number of hydrogen-bond donors (Lipinski definition) is 2. The minimum absolute atomic E-state index is 0.0774. The van der Waals surface area contributed by atoms with Crippen molar-refractivity contribution < 1.29 is 48.0 Å². The topological polar surface area (TPSA) is 198 Å². The van der Waals surface area contributed by atoms with Crippen molar-refractivity contribution in [2.24, 2.45) is 17.8 Å². The zero-order valence-corrected chi connectivity index (χ0v) is 35.8. The van der Waals surface area contributed by atoms with Gasteiger partial charge in [0.05, 0.1) is 30.0 Å². The number of nitrogens with zero attached hydrogens (tertiary/aromatic N) is 5. The quantitative estimate of drug-likeness (QED) is 0.141. The lowest BCUT2D eigenvalue weighted by atomic mass is 9.76. The molecule has 1 amide bonds. The number of likely N-dealkylation sites (N-methyl/N-ethyl adjacent to an activating group) is 1. The summed E-state index contributed by atoms with van der Waals surface area (Å²) in [4.78, 5) is 59.7. The molecule has 3 saturated heterocycles. The third-order valence-electron chi connectivity index (χ3n) is 12.6. The molecule has 16 heteroatoms. The van der Waals surface area contributed by atoms with Gasteiger partial charge in [0, 0.05) is 55.7 Å². The molecule has 0 saturated carbocycles. The number of ether oxygens (including phenoxy) is 5. The van der Waals surface area contributed by atoms with E-state index in [0.717, 1.165) is 5.56 Å². The predicted octanol–water partition coefficient (Wildman–Crippen LogP) is 4.27. The number of carbonyl (C=O) groups is 4. The van der Waals surface area contributed by atoms with E-state index in [1.807, 2.05) is 50.3 Å². The number of cyclic esters (lactones) is 1. The van der Waals surface area contributed by atoms with E-state index < -0.39 is 77.4 Å². The molecule has 3 aliphatic heterocycles. The van der Waals surface area contributed by atoms with Crippen LogP contribution in [0, 0.1) is 17.8 Å². The number of unbranched alkanes of at least 4 members (excludes halogenated alkanes) is 1. The first-order valence-corrected chi connectivity index (χ1v) is 20.6. The number of esters is 1. The molecular formula is C42H64N6O10. The Labute approximate surface area is 342 Å². The lowest BCUT2D eigenvalue weighted by Gasteiger charge is -2.46. The Morgan fingerprint density at radius 2 is 1.78 bits per heavy atom. The summed E-state index contributed by atoms with van der Waals surface area (Å²) in [6.45, 7) is 12.9. The smallest absolute Gasteiger partial charge is 0.410 e. The van der Waals surface area contributed by atoms with Crippen molar-refractivity contribution in [1.29, 1.82) is 0 Å². The fraction of sp³-hybridized carbons (Fsp3) is 0.714. The molecule has 1 aromatic heterocycles. The maximum atomic E-state index is 14.4. The highest BCUT2D eigenvalue weighted by molar-refractivity contribution is 6.00. The Bertz CT molecular complexity index is 1770. The van der Waals surface area contributed by atoms with Crippen molar-refractivity contribution in [3.63, 3.8) is 0 Å². The van der Waals surface area contributed by atoms with Gasteiger partial charge < -0.3 is 44.3 Å². The van der Waals surface area contributed by atoms with Crippen molar-refractivity contribution >= 4 is 29.3 Å². The summed E-state index contributed by atoms with van der Waals surface area (Å²) in [6, 6.07) is 6.35. The second-order valence-electron chi connectivity index (χ2n) is 17.1. The van der Waals surface area contributed by atoms with Crippen molar-refractivity contribution in [2.45, 2.75) is 148 Å². The van der Waals surface area contributed by atoms with E-state index in [2.05, 4.69) is 10.3 Å². The van der Waals surface area contributed by atoms with Gasteiger partial charge in [0.25, 0.3) is 0 Å². The van der Waals surface area contributed by atoms with Crippen LogP contribution in [0.1, 0.15) is 87.0 Å². The van der Waals surface area contributed by atoms with Crippen LogP contribution in [-0.4, -0.2) is 135 Å². The van der Waals surface area contributed by atoms with Gasteiger partial charge in [0.15, 0.2) is 17.7 Å². The molecule has 0 radical (unpaired) electrons. The molecule has 5 rings (SSSR count). The molecule has 3 fully saturated rings. The van der Waals surface area contributed by atoms with Gasteiger partial charge in [-0.15, -0.1) is 5.10 Å². The number of anilines is 1. The van der Waals surface area contributed by atoms with Gasteiger partial charge in [-0.05, 0) is 86.0 Å². The number of aryl methyl sites for hydroxylation is 1. The largest absolute Gasteiger partial charge is 0.458 e. The highest BCUT2D eigenvalue weighted by Crippen LogP contribution is 2.41. The third kappa shape index (κ3) is 9.57. The average Bonchev–Trinajstić information content (AvgIpc) is 3.75. The fourth-order valence-corrected chi connectivity index (χ4v) is 8.91. The van der Waals surface area contributed by atoms with Crippen LogP contribution in [0.5, 0.6) is 0 Å². The van der Waals surface area contributed by atoms with E-state index in [-0.39, 0.29) is 43.7 Å². The van der Waals surface area contributed by atoms with Gasteiger partial charge in [-0.25, -0.2) is 4.79 Å². The first kappa shape index (κ1) is 45.1. The zero-order valence-electron chi connectivity index (χ0n) is 35.8. The number of nitrogens with two attached hydrogens (primary N) is 1. The number of hydrogen-bond acceptors (Lipinski definition) is 14. The summed E-state index contributed by atoms with van der Waals surface area (Å²) >= 11 is 0. The van der Waals surface area contributed by atoms with E-state index >= 15 is 0 Å². The first-order valence-electron chi connectivity index (χ1n) is 20.6. The number of amides is 1. The minimum atomic E-state index is -1.39. The molecule has 12 atom stereocenters. The summed E-state index contributed by atoms with van der Waals surface area (Å²) in [5, 5.41) is 19.9. The number of carbonyl (C=O) groups excluding carboxylic acids is 4. The van der Waals surface area contributed by atoms with Crippen molar-refractivity contribution in [1.82, 2.24) is 24.8 Å². The van der Waals surface area contributed by atoms with Gasteiger partial charge in [0.1, 0.15) is 29.6 Å². The number of aliphatic hydroxyl groups excluding tert-OH is 1. The number of nitrogen functional groups attached to an aromatic ring is 1. The number of fused-ring (bicyclic) bond motifs is 1. The van der Waals surface area contributed by atoms with E-state index in [1.165, 1.54) is 14.0 Å². The molecule has 58 heavy (non-hydrogen) atoms. The zero-order chi connectivity index (χ0) is 42.7. The van der Waals surface area contributed by atoms with E-state index in [9.17, 15) is 24.3 Å². The van der Waals surface area contributed by atoms with Crippen molar-refractivity contribution in [3.8, 4) is 11.3 Å². The lowest BCUT2D eigenvalue weighted by molar-refractivity contribution is -0.295. The Kier molecular flexibility index (Phi) is 14.4. The standard InChI is InChI=1S/C42H64N6O10/c1-11-34-42(7)33(48(40(53)58-42)18-13-12-17-47-23-30(44-45-47)28-15-14-16-29(43)20-28)21-32(49)24(2)22-41(6,54-10)37(26(4)35(50)27(5)38(52)56-34)57-39-36(51)31(46(8)9)19-25(3)55-39/h14-16,20,23-27,31,33-34,36-37,39,51H,11-13,17-19,21-22,43H2,1-10H3/t24-,25?,26+,27-,31?,33-,34-,36?,37-,39+,41-,42+/m1/s1. The molecule has 0 bridgehead atoms. The van der Waals surface area contributed by atoms with Crippen LogP contribution >= 0.6 is 0 Å². The number of rotatable bonds is 11. The second kappa shape index (κ2) is 18.5. The summed E-state index contributed by atoms with van der Waals surface area (Å²) in [5.41, 5.74) is 5.47. The van der Waals surface area contributed by atoms with E-state index in [0.29, 0.717) is 37.2 Å². The molecule has 322 valence electrons. The summed E-state index contributed by atoms with van der Waals surface area (Å²) < 4.78 is 32.7. The Balaban J connectivity index is 1.40. The van der Waals surface area contributed by atoms with Crippen LogP contribution in [0.15, 0.2) is 30.5 Å². The summed E-state index contributed by atoms with van der Waals surface area (Å²) in [6.07, 6.45) is -1.12. The molecule has 16 nitrogen and oxygen atoms in total. The van der Waals surface area contributed by atoms with Crippen LogP contribution in [-0.2, 0) is 44.6 Å². The van der Waals surface area contributed by atoms with Crippen LogP contribution in [0.25, 0.3) is 11.3 Å². The molecule has 1 aromatic carbocycles. The van der Waals surface area contributed by atoms with Crippen molar-refractivity contribution in [3.05, 3.63) is 30.5 Å². The number of benzene rings is 1. The minimum Gasteiger partial charge on any atom is -0.458 e. The monoisotopic (exact) mass is 812 g/mol. The fourth-order valence-electron chi connectivity index (χ4n) is 8.91. The maximum Gasteiger partial charge on any atom is 0.410 e. The van der Waals surface area contributed by atoms with Crippen LogP contribution < -0.4 is 5.73 Å². The number of ketones is 2. The Morgan fingerprint density at radius 1 is 1.07 bits per heavy atom. The van der Waals surface area contributed by atoms with Gasteiger partial charge in [0.2, 0.25) is 0 Å². The highest BCUT2D eigenvalue weighted by Gasteiger charge is 2.58. The summed E-state index contributed by atoms with van der Waals surface area (Å²) in [7, 11) is 5.22. The molecule has 3 aliphatic rings. The molecule has 4 heterocycles. The van der Waals surface area contributed by atoms with Gasteiger partial charge >= 0.3 is 12.1 Å². The van der Waals surface area contributed by atoms with Gasteiger partial charge in [-0.2, -0.15) is 0 Å². The molecular weight excluding hydrogens is 748 g/mol. The van der Waals surface area contributed by atoms with Crippen molar-refractivity contribution in [2.75, 3.05) is 33.5 Å². The number of aliphatic hydroxyl groups is 1. The van der Waals surface area contributed by atoms with E-state index in [1.54, 1.807) is 50.3 Å². The van der Waals surface area contributed by atoms with E-state index in [4.69, 9.17) is 29.4 Å².